The monoisotopic (exact) mass is 369 g/mol. The third-order valence-corrected chi connectivity index (χ3v) is 4.93. The van der Waals surface area contributed by atoms with Crippen LogP contribution in [0.2, 0.25) is 0 Å². The van der Waals surface area contributed by atoms with E-state index in [0.717, 1.165) is 30.8 Å². The van der Waals surface area contributed by atoms with Gasteiger partial charge in [0.1, 0.15) is 11.4 Å². The lowest BCUT2D eigenvalue weighted by Gasteiger charge is -2.16. The van der Waals surface area contributed by atoms with Crippen molar-refractivity contribution in [1.29, 1.82) is 0 Å². The molecule has 136 valence electrons. The highest BCUT2D eigenvalue weighted by atomic mass is 32.1. The van der Waals surface area contributed by atoms with Gasteiger partial charge in [-0.3, -0.25) is 4.98 Å². The summed E-state index contributed by atoms with van der Waals surface area (Å²) in [4.78, 5) is 15.0. The van der Waals surface area contributed by atoms with Crippen LogP contribution in [0, 0.1) is 13.8 Å². The van der Waals surface area contributed by atoms with E-state index in [9.17, 15) is 0 Å². The number of benzene rings is 1. The number of rotatable bonds is 7. The molecule has 3 rings (SSSR count). The molecule has 0 N–H and O–H groups in total. The van der Waals surface area contributed by atoms with Crippen molar-refractivity contribution in [2.45, 2.75) is 27.2 Å². The maximum atomic E-state index is 5.98. The van der Waals surface area contributed by atoms with Gasteiger partial charge in [0, 0.05) is 30.5 Å². The van der Waals surface area contributed by atoms with Crippen molar-refractivity contribution in [3.63, 3.8) is 0 Å². The Balaban J connectivity index is 1.74. The third-order valence-electron chi connectivity index (χ3n) is 4.33. The molecule has 6 nitrogen and oxygen atoms in total. The highest BCUT2D eigenvalue weighted by molar-refractivity contribution is 7.07. The van der Waals surface area contributed by atoms with Crippen LogP contribution in [-0.2, 0) is 6.42 Å². The van der Waals surface area contributed by atoms with E-state index >= 15 is 0 Å². The van der Waals surface area contributed by atoms with Crippen molar-refractivity contribution in [3.05, 3.63) is 47.4 Å². The summed E-state index contributed by atoms with van der Waals surface area (Å²) in [7, 11) is 2.14. The van der Waals surface area contributed by atoms with Gasteiger partial charge >= 0.3 is 0 Å². The molecule has 2 heterocycles. The molecule has 26 heavy (non-hydrogen) atoms. The molecule has 0 aliphatic carbocycles. The average Bonchev–Trinajstić information content (AvgIpc) is 3.12. The fourth-order valence-electron chi connectivity index (χ4n) is 2.56. The summed E-state index contributed by atoms with van der Waals surface area (Å²) >= 11 is 1.22. The number of likely N-dealkylation sites (N-methyl/N-ethyl adjacent to an activating group) is 1. The molecule has 0 saturated carbocycles. The van der Waals surface area contributed by atoms with Crippen molar-refractivity contribution in [2.75, 3.05) is 20.1 Å². The van der Waals surface area contributed by atoms with Crippen LogP contribution in [0.4, 0.5) is 0 Å². The van der Waals surface area contributed by atoms with E-state index in [1.165, 1.54) is 22.7 Å². The summed E-state index contributed by atoms with van der Waals surface area (Å²) in [5, 5.41) is 0.506. The Morgan fingerprint density at radius 3 is 2.73 bits per heavy atom. The first-order valence-electron chi connectivity index (χ1n) is 8.63. The summed E-state index contributed by atoms with van der Waals surface area (Å²) in [5.41, 5.74) is 4.32. The lowest BCUT2D eigenvalue weighted by Crippen LogP contribution is -2.20. The molecular formula is C19H23N5OS. The molecule has 3 aromatic rings. The topological polar surface area (TPSA) is 64.0 Å². The fourth-order valence-corrected chi connectivity index (χ4v) is 3.12. The van der Waals surface area contributed by atoms with Crippen molar-refractivity contribution >= 4 is 11.5 Å². The molecule has 0 spiro atoms. The van der Waals surface area contributed by atoms with Gasteiger partial charge in [0.25, 0.3) is 5.19 Å². The molecule has 0 amide bonds. The standard InChI is InChI=1S/C19H23N5OS/c1-5-24(4)9-6-15-10-14(3)17(11-13(15)2)25-19-22-18(23-26-19)16-12-20-7-8-21-16/h7-8,10-12H,5-6,9H2,1-4H3. The number of hydrogen-bond acceptors (Lipinski definition) is 7. The van der Waals surface area contributed by atoms with Gasteiger partial charge in [-0.2, -0.15) is 9.36 Å². The normalized spacial score (nSPS) is 11.1. The van der Waals surface area contributed by atoms with E-state index in [2.05, 4.69) is 64.2 Å². The van der Waals surface area contributed by atoms with Gasteiger partial charge < -0.3 is 9.64 Å². The Bertz CT molecular complexity index is 866. The summed E-state index contributed by atoms with van der Waals surface area (Å²) < 4.78 is 10.3. The predicted molar refractivity (Wildman–Crippen MR) is 104 cm³/mol. The van der Waals surface area contributed by atoms with E-state index in [0.29, 0.717) is 16.7 Å². The Morgan fingerprint density at radius 2 is 2.00 bits per heavy atom. The van der Waals surface area contributed by atoms with Gasteiger partial charge in [-0.05, 0) is 56.6 Å². The van der Waals surface area contributed by atoms with Crippen molar-refractivity contribution in [1.82, 2.24) is 24.2 Å². The first-order chi connectivity index (χ1) is 12.6. The SMILES string of the molecule is CCN(C)CCc1cc(C)c(Oc2nc(-c3cnccn3)ns2)cc1C. The number of hydrogen-bond donors (Lipinski definition) is 0. The molecule has 0 bridgehead atoms. The Morgan fingerprint density at radius 1 is 1.15 bits per heavy atom. The molecule has 0 aliphatic rings. The molecule has 7 heteroatoms. The molecule has 1 aromatic carbocycles. The Hall–Kier alpha value is -2.38. The molecule has 2 aromatic heterocycles. The average molecular weight is 369 g/mol. The summed E-state index contributed by atoms with van der Waals surface area (Å²) in [6.45, 7) is 8.47. The van der Waals surface area contributed by atoms with E-state index in [-0.39, 0.29) is 0 Å². The van der Waals surface area contributed by atoms with E-state index in [1.54, 1.807) is 18.6 Å². The number of aromatic nitrogens is 4. The zero-order chi connectivity index (χ0) is 18.5. The maximum Gasteiger partial charge on any atom is 0.299 e. The minimum atomic E-state index is 0.506. The largest absolute Gasteiger partial charge is 0.430 e. The smallest absolute Gasteiger partial charge is 0.299 e. The maximum absolute atomic E-state index is 5.98. The minimum absolute atomic E-state index is 0.506. The first-order valence-corrected chi connectivity index (χ1v) is 9.40. The van der Waals surface area contributed by atoms with Gasteiger partial charge in [-0.15, -0.1) is 0 Å². The van der Waals surface area contributed by atoms with Crippen LogP contribution in [0.3, 0.4) is 0 Å². The summed E-state index contributed by atoms with van der Waals surface area (Å²) in [6, 6.07) is 4.29. The molecule has 0 atom stereocenters. The highest BCUT2D eigenvalue weighted by Crippen LogP contribution is 2.30. The molecule has 0 aliphatic heterocycles. The highest BCUT2D eigenvalue weighted by Gasteiger charge is 2.12. The number of aryl methyl sites for hydroxylation is 2. The lowest BCUT2D eigenvalue weighted by atomic mass is 10.0. The van der Waals surface area contributed by atoms with Crippen molar-refractivity contribution in [2.24, 2.45) is 0 Å². The van der Waals surface area contributed by atoms with Crippen LogP contribution in [0.1, 0.15) is 23.6 Å². The Labute approximate surface area is 158 Å². The van der Waals surface area contributed by atoms with Crippen LogP contribution in [0.15, 0.2) is 30.7 Å². The van der Waals surface area contributed by atoms with Crippen molar-refractivity contribution < 1.29 is 4.74 Å². The van der Waals surface area contributed by atoms with Crippen LogP contribution in [0.25, 0.3) is 11.5 Å². The van der Waals surface area contributed by atoms with Gasteiger partial charge in [-0.25, -0.2) is 4.98 Å². The predicted octanol–water partition coefficient (Wildman–Crippen LogP) is 3.90. The quantitative estimate of drug-likeness (QED) is 0.629. The molecular weight excluding hydrogens is 346 g/mol. The Kier molecular flexibility index (Phi) is 5.90. The lowest BCUT2D eigenvalue weighted by molar-refractivity contribution is 0.357. The molecule has 0 fully saturated rings. The van der Waals surface area contributed by atoms with Crippen LogP contribution >= 0.6 is 11.5 Å². The minimum Gasteiger partial charge on any atom is -0.430 e. The van der Waals surface area contributed by atoms with Crippen LogP contribution in [-0.4, -0.2) is 44.4 Å². The van der Waals surface area contributed by atoms with Gasteiger partial charge in [0.15, 0.2) is 5.82 Å². The zero-order valence-electron chi connectivity index (χ0n) is 15.6. The van der Waals surface area contributed by atoms with Gasteiger partial charge in [-0.1, -0.05) is 13.0 Å². The summed E-state index contributed by atoms with van der Waals surface area (Å²) in [5.74, 6) is 1.35. The van der Waals surface area contributed by atoms with E-state index in [4.69, 9.17) is 4.74 Å². The number of nitrogens with zero attached hydrogens (tertiary/aromatic N) is 5. The zero-order valence-corrected chi connectivity index (χ0v) is 16.4. The molecule has 0 radical (unpaired) electrons. The first kappa shape index (κ1) is 18.4. The van der Waals surface area contributed by atoms with Crippen molar-refractivity contribution in [3.8, 4) is 22.5 Å². The second kappa shape index (κ2) is 8.33. The second-order valence-corrected chi connectivity index (χ2v) is 6.98. The second-order valence-electron chi connectivity index (χ2n) is 6.27. The fraction of sp³-hybridized carbons (Fsp3) is 0.368. The van der Waals surface area contributed by atoms with Gasteiger partial charge in [0.2, 0.25) is 0 Å². The summed E-state index contributed by atoms with van der Waals surface area (Å²) in [6.07, 6.45) is 5.93. The van der Waals surface area contributed by atoms with E-state index in [1.807, 2.05) is 0 Å². The number of ether oxygens (including phenoxy) is 1. The molecule has 0 saturated heterocycles. The molecule has 0 unspecified atom stereocenters. The third kappa shape index (κ3) is 4.42. The van der Waals surface area contributed by atoms with E-state index < -0.39 is 0 Å². The van der Waals surface area contributed by atoms with Crippen LogP contribution in [0.5, 0.6) is 10.9 Å². The van der Waals surface area contributed by atoms with Crippen LogP contribution < -0.4 is 4.74 Å². The van der Waals surface area contributed by atoms with Gasteiger partial charge in [0.05, 0.1) is 6.20 Å².